The van der Waals surface area contributed by atoms with Crippen LogP contribution in [0.4, 0.5) is 14.5 Å². The molecular weight excluding hydrogens is 386 g/mol. The minimum Gasteiger partial charge on any atom is -0.370 e. The first-order valence-electron chi connectivity index (χ1n) is 9.85. The van der Waals surface area contributed by atoms with Gasteiger partial charge in [-0.3, -0.25) is 0 Å². The predicted molar refractivity (Wildman–Crippen MR) is 114 cm³/mol. The van der Waals surface area contributed by atoms with Crippen LogP contribution in [0.25, 0.3) is 5.69 Å². The number of piperazine rings is 1. The van der Waals surface area contributed by atoms with Crippen molar-refractivity contribution in [1.82, 2.24) is 14.5 Å². The lowest BCUT2D eigenvalue weighted by Crippen LogP contribution is -2.51. The van der Waals surface area contributed by atoms with E-state index in [0.29, 0.717) is 18.2 Å². The van der Waals surface area contributed by atoms with Gasteiger partial charge in [0.25, 0.3) is 0 Å². The van der Waals surface area contributed by atoms with Crippen LogP contribution in [-0.2, 0) is 6.54 Å². The first kappa shape index (κ1) is 19.9. The lowest BCUT2D eigenvalue weighted by atomic mass is 10.2. The highest BCUT2D eigenvalue weighted by atomic mass is 19.1. The average molecular weight is 410 g/mol. The molecule has 2 heterocycles. The standard InChI is InChI=1S/C22H24F2N6/c1-16-26-8-9-30(16)21-7-2-17(14-20(21)24)15-27-22(25)29-12-10-28(11-13-29)19-5-3-18(23)4-6-19/h2-9,14H,10-13,15H2,1H3,(H2,25,27). The highest BCUT2D eigenvalue weighted by Gasteiger charge is 2.18. The van der Waals surface area contributed by atoms with Gasteiger partial charge in [0.15, 0.2) is 5.96 Å². The number of aryl methyl sites for hydroxylation is 1. The molecule has 0 saturated carbocycles. The summed E-state index contributed by atoms with van der Waals surface area (Å²) in [6.45, 7) is 5.13. The number of imidazole rings is 1. The minimum atomic E-state index is -0.324. The first-order chi connectivity index (χ1) is 14.5. The molecule has 1 saturated heterocycles. The van der Waals surface area contributed by atoms with Crippen LogP contribution in [-0.4, -0.2) is 46.6 Å². The number of nitrogens with zero attached hydrogens (tertiary/aromatic N) is 5. The van der Waals surface area contributed by atoms with Crippen LogP contribution in [0.5, 0.6) is 0 Å². The van der Waals surface area contributed by atoms with Gasteiger partial charge in [-0.15, -0.1) is 0 Å². The quantitative estimate of drug-likeness (QED) is 0.530. The number of nitrogens with two attached hydrogens (primary N) is 1. The van der Waals surface area contributed by atoms with E-state index in [0.717, 1.165) is 43.3 Å². The maximum Gasteiger partial charge on any atom is 0.191 e. The number of benzene rings is 2. The summed E-state index contributed by atoms with van der Waals surface area (Å²) in [7, 11) is 0. The van der Waals surface area contributed by atoms with Crippen LogP contribution >= 0.6 is 0 Å². The Balaban J connectivity index is 1.36. The Morgan fingerprint density at radius 1 is 1.07 bits per heavy atom. The van der Waals surface area contributed by atoms with Gasteiger partial charge in [-0.1, -0.05) is 6.07 Å². The maximum atomic E-state index is 14.5. The van der Waals surface area contributed by atoms with Crippen molar-refractivity contribution in [2.45, 2.75) is 13.5 Å². The molecule has 6 nitrogen and oxygen atoms in total. The Hall–Kier alpha value is -3.42. The third-order valence-electron chi connectivity index (χ3n) is 5.32. The Morgan fingerprint density at radius 2 is 1.80 bits per heavy atom. The second-order valence-electron chi connectivity index (χ2n) is 7.26. The number of guanidine groups is 1. The molecule has 2 N–H and O–H groups in total. The van der Waals surface area contributed by atoms with E-state index in [1.54, 1.807) is 35.2 Å². The smallest absolute Gasteiger partial charge is 0.191 e. The van der Waals surface area contributed by atoms with E-state index in [9.17, 15) is 8.78 Å². The zero-order valence-electron chi connectivity index (χ0n) is 16.8. The zero-order valence-corrected chi connectivity index (χ0v) is 16.8. The molecule has 3 aromatic rings. The highest BCUT2D eigenvalue weighted by molar-refractivity contribution is 5.78. The summed E-state index contributed by atoms with van der Waals surface area (Å²) in [6, 6.07) is 11.6. The Kier molecular flexibility index (Phi) is 5.65. The summed E-state index contributed by atoms with van der Waals surface area (Å²) in [4.78, 5) is 12.8. The zero-order chi connectivity index (χ0) is 21.1. The van der Waals surface area contributed by atoms with Crippen LogP contribution in [0.2, 0.25) is 0 Å². The third-order valence-corrected chi connectivity index (χ3v) is 5.32. The predicted octanol–water partition coefficient (Wildman–Crippen LogP) is 3.10. The molecule has 0 spiro atoms. The Morgan fingerprint density at radius 3 is 2.43 bits per heavy atom. The fraction of sp³-hybridized carbons (Fsp3) is 0.273. The Labute approximate surface area is 174 Å². The van der Waals surface area contributed by atoms with Crippen LogP contribution < -0.4 is 10.6 Å². The fourth-order valence-corrected chi connectivity index (χ4v) is 3.59. The molecule has 1 aliphatic rings. The maximum absolute atomic E-state index is 14.5. The normalized spacial score (nSPS) is 15.0. The van der Waals surface area contributed by atoms with Gasteiger partial charge in [0.2, 0.25) is 0 Å². The van der Waals surface area contributed by atoms with Gasteiger partial charge < -0.3 is 20.1 Å². The minimum absolute atomic E-state index is 0.238. The summed E-state index contributed by atoms with van der Waals surface area (Å²) in [5.41, 5.74) is 8.38. The van der Waals surface area contributed by atoms with Crippen molar-refractivity contribution in [3.05, 3.63) is 77.9 Å². The molecule has 0 amide bonds. The molecule has 4 rings (SSSR count). The van der Waals surface area contributed by atoms with Gasteiger partial charge >= 0.3 is 0 Å². The van der Waals surface area contributed by atoms with E-state index in [4.69, 9.17) is 5.73 Å². The van der Waals surface area contributed by atoms with Gasteiger partial charge in [-0.05, 0) is 48.9 Å². The van der Waals surface area contributed by atoms with E-state index in [2.05, 4.69) is 14.9 Å². The molecule has 1 aromatic heterocycles. The molecule has 156 valence electrons. The Bertz CT molecular complexity index is 1040. The van der Waals surface area contributed by atoms with Crippen LogP contribution in [0, 0.1) is 18.6 Å². The third kappa shape index (κ3) is 4.27. The lowest BCUT2D eigenvalue weighted by molar-refractivity contribution is 0.380. The molecule has 8 heteroatoms. The molecule has 0 aliphatic carbocycles. The molecular formula is C22H24F2N6. The van der Waals surface area contributed by atoms with Crippen molar-refractivity contribution in [2.24, 2.45) is 10.7 Å². The van der Waals surface area contributed by atoms with E-state index in [1.807, 2.05) is 17.9 Å². The highest BCUT2D eigenvalue weighted by Crippen LogP contribution is 2.18. The van der Waals surface area contributed by atoms with Gasteiger partial charge in [-0.2, -0.15) is 0 Å². The van der Waals surface area contributed by atoms with E-state index in [1.165, 1.54) is 18.2 Å². The van der Waals surface area contributed by atoms with Gasteiger partial charge in [-0.25, -0.2) is 18.8 Å². The van der Waals surface area contributed by atoms with Crippen molar-refractivity contribution < 1.29 is 8.78 Å². The molecule has 30 heavy (non-hydrogen) atoms. The molecule has 1 fully saturated rings. The summed E-state index contributed by atoms with van der Waals surface area (Å²) in [5, 5.41) is 0. The van der Waals surface area contributed by atoms with Crippen LogP contribution in [0.15, 0.2) is 59.9 Å². The summed E-state index contributed by atoms with van der Waals surface area (Å²) in [6.07, 6.45) is 3.37. The van der Waals surface area contributed by atoms with E-state index in [-0.39, 0.29) is 11.6 Å². The van der Waals surface area contributed by atoms with Gasteiger partial charge in [0.05, 0.1) is 12.2 Å². The topological polar surface area (TPSA) is 62.7 Å². The SMILES string of the molecule is Cc1nccn1-c1ccc(CN=C(N)N2CCN(c3ccc(F)cc3)CC2)cc1F. The summed E-state index contributed by atoms with van der Waals surface area (Å²) >= 11 is 0. The summed E-state index contributed by atoms with van der Waals surface area (Å²) in [5.74, 6) is 0.612. The number of hydrogen-bond donors (Lipinski definition) is 1. The monoisotopic (exact) mass is 410 g/mol. The second kappa shape index (κ2) is 8.52. The molecule has 0 unspecified atom stereocenters. The fourth-order valence-electron chi connectivity index (χ4n) is 3.59. The molecule has 1 aliphatic heterocycles. The number of rotatable bonds is 4. The van der Waals surface area contributed by atoms with Crippen molar-refractivity contribution in [1.29, 1.82) is 0 Å². The molecule has 0 bridgehead atoms. The second-order valence-corrected chi connectivity index (χ2v) is 7.26. The number of aromatic nitrogens is 2. The number of hydrogen-bond acceptors (Lipinski definition) is 3. The average Bonchev–Trinajstić information content (AvgIpc) is 3.18. The molecule has 0 atom stereocenters. The van der Waals surface area contributed by atoms with Crippen molar-refractivity contribution >= 4 is 11.6 Å². The van der Waals surface area contributed by atoms with E-state index < -0.39 is 0 Å². The van der Waals surface area contributed by atoms with Gasteiger partial charge in [0, 0.05) is 44.3 Å². The van der Waals surface area contributed by atoms with E-state index >= 15 is 0 Å². The largest absolute Gasteiger partial charge is 0.370 e. The van der Waals surface area contributed by atoms with Crippen LogP contribution in [0.3, 0.4) is 0 Å². The van der Waals surface area contributed by atoms with Crippen molar-refractivity contribution in [3.8, 4) is 5.69 Å². The van der Waals surface area contributed by atoms with Crippen molar-refractivity contribution in [3.63, 3.8) is 0 Å². The lowest BCUT2D eigenvalue weighted by Gasteiger charge is -2.36. The number of aliphatic imine (C=N–C) groups is 1. The van der Waals surface area contributed by atoms with Gasteiger partial charge in [0.1, 0.15) is 17.5 Å². The first-order valence-corrected chi connectivity index (χ1v) is 9.85. The van der Waals surface area contributed by atoms with Crippen LogP contribution in [0.1, 0.15) is 11.4 Å². The van der Waals surface area contributed by atoms with Crippen molar-refractivity contribution in [2.75, 3.05) is 31.1 Å². The molecule has 2 aromatic carbocycles. The molecule has 0 radical (unpaired) electrons. The summed E-state index contributed by atoms with van der Waals surface area (Å²) < 4.78 is 29.3. The number of halogens is 2. The number of anilines is 1.